The van der Waals surface area contributed by atoms with Gasteiger partial charge in [0, 0.05) is 6.54 Å². The van der Waals surface area contributed by atoms with Crippen molar-refractivity contribution in [1.29, 1.82) is 0 Å². The molecule has 5 heteroatoms. The van der Waals surface area contributed by atoms with Gasteiger partial charge in [0.1, 0.15) is 0 Å². The summed E-state index contributed by atoms with van der Waals surface area (Å²) in [6.07, 6.45) is -0.503. The van der Waals surface area contributed by atoms with E-state index in [9.17, 15) is 4.79 Å². The molecule has 0 aromatic heterocycles. The van der Waals surface area contributed by atoms with Crippen molar-refractivity contribution in [2.24, 2.45) is 0 Å². The molecule has 1 atom stereocenters. The fourth-order valence-corrected chi connectivity index (χ4v) is 1.73. The minimum Gasteiger partial charge on any atom is -0.475 e. The summed E-state index contributed by atoms with van der Waals surface area (Å²) in [5, 5.41) is 2.81. The molecule has 1 aliphatic rings. The number of nitrogens with one attached hydrogen (secondary N) is 1. The van der Waals surface area contributed by atoms with Crippen LogP contribution in [0.5, 0.6) is 5.75 Å². The van der Waals surface area contributed by atoms with E-state index in [2.05, 4.69) is 5.32 Å². The van der Waals surface area contributed by atoms with Gasteiger partial charge < -0.3 is 20.7 Å². The summed E-state index contributed by atoms with van der Waals surface area (Å²) < 4.78 is 5.67. The molecule has 0 fully saturated rings. The van der Waals surface area contributed by atoms with Gasteiger partial charge in [0.2, 0.25) is 0 Å². The van der Waals surface area contributed by atoms with Crippen LogP contribution >= 0.6 is 0 Å². The Morgan fingerprint density at radius 2 is 2.29 bits per heavy atom. The summed E-state index contributed by atoms with van der Waals surface area (Å²) in [4.78, 5) is 13.8. The van der Waals surface area contributed by atoms with Crippen molar-refractivity contribution in [1.82, 2.24) is 4.90 Å². The zero-order valence-corrected chi connectivity index (χ0v) is 10.1. The highest BCUT2D eigenvalue weighted by atomic mass is 16.5. The second kappa shape index (κ2) is 4.63. The quantitative estimate of drug-likeness (QED) is 0.764. The van der Waals surface area contributed by atoms with Crippen molar-refractivity contribution in [2.75, 3.05) is 31.2 Å². The molecule has 0 saturated carbocycles. The second-order valence-corrected chi connectivity index (χ2v) is 4.17. The summed E-state index contributed by atoms with van der Waals surface area (Å²) in [6.45, 7) is 3.45. The summed E-state index contributed by atoms with van der Waals surface area (Å²) in [5.41, 5.74) is 7.01. The van der Waals surface area contributed by atoms with Gasteiger partial charge in [-0.25, -0.2) is 0 Å². The molecular formula is C12H17N3O2. The molecule has 1 aliphatic heterocycles. The van der Waals surface area contributed by atoms with Gasteiger partial charge in [-0.1, -0.05) is 13.0 Å². The summed E-state index contributed by atoms with van der Waals surface area (Å²) in [6, 6.07) is 5.33. The second-order valence-electron chi connectivity index (χ2n) is 4.17. The maximum atomic E-state index is 11.8. The number of carbonyl (C=O) groups excluding carboxylic acids is 1. The molecule has 1 unspecified atom stereocenters. The smallest absolute Gasteiger partial charge is 0.266 e. The molecule has 0 aliphatic carbocycles. The Hall–Kier alpha value is -1.75. The van der Waals surface area contributed by atoms with Crippen LogP contribution in [0.2, 0.25) is 0 Å². The Morgan fingerprint density at radius 1 is 1.53 bits per heavy atom. The fourth-order valence-electron chi connectivity index (χ4n) is 1.73. The maximum absolute atomic E-state index is 11.8. The molecule has 3 N–H and O–H groups in total. The lowest BCUT2D eigenvalue weighted by Crippen LogP contribution is -2.44. The van der Waals surface area contributed by atoms with Crippen LogP contribution in [0.3, 0.4) is 0 Å². The van der Waals surface area contributed by atoms with E-state index in [0.717, 1.165) is 6.54 Å². The minimum atomic E-state index is -0.503. The molecule has 0 saturated heterocycles. The zero-order chi connectivity index (χ0) is 12.4. The Bertz CT molecular complexity index is 434. The van der Waals surface area contributed by atoms with Crippen LogP contribution in [0.25, 0.3) is 0 Å². The number of likely N-dealkylation sites (N-methyl/N-ethyl adjacent to an activating group) is 1. The number of anilines is 2. The van der Waals surface area contributed by atoms with E-state index in [4.69, 9.17) is 10.5 Å². The molecular weight excluding hydrogens is 218 g/mol. The molecule has 5 nitrogen and oxygen atoms in total. The van der Waals surface area contributed by atoms with Crippen LogP contribution in [0.1, 0.15) is 6.92 Å². The lowest BCUT2D eigenvalue weighted by molar-refractivity contribution is -0.124. The van der Waals surface area contributed by atoms with Crippen LogP contribution in [-0.4, -0.2) is 37.0 Å². The molecule has 92 valence electrons. The average Bonchev–Trinajstić information content (AvgIpc) is 2.31. The number of hydrogen-bond acceptors (Lipinski definition) is 4. The van der Waals surface area contributed by atoms with E-state index in [0.29, 0.717) is 23.7 Å². The van der Waals surface area contributed by atoms with Gasteiger partial charge in [-0.3, -0.25) is 4.79 Å². The van der Waals surface area contributed by atoms with Gasteiger partial charge in [0.25, 0.3) is 5.91 Å². The number of nitrogen functional groups attached to an aromatic ring is 1. The molecule has 0 radical (unpaired) electrons. The number of ether oxygens (including phenoxy) is 1. The largest absolute Gasteiger partial charge is 0.475 e. The highest BCUT2D eigenvalue weighted by Crippen LogP contribution is 2.34. The first-order valence-corrected chi connectivity index (χ1v) is 5.66. The van der Waals surface area contributed by atoms with Crippen molar-refractivity contribution >= 4 is 17.3 Å². The molecule has 1 aromatic carbocycles. The number of carbonyl (C=O) groups is 1. The van der Waals surface area contributed by atoms with Gasteiger partial charge in [0.15, 0.2) is 11.9 Å². The number of rotatable bonds is 3. The van der Waals surface area contributed by atoms with Gasteiger partial charge in [-0.2, -0.15) is 0 Å². The van der Waals surface area contributed by atoms with E-state index >= 15 is 0 Å². The molecule has 17 heavy (non-hydrogen) atoms. The first-order chi connectivity index (χ1) is 8.11. The fraction of sp³-hybridized carbons (Fsp3) is 0.417. The molecule has 2 rings (SSSR count). The van der Waals surface area contributed by atoms with Crippen molar-refractivity contribution in [3.63, 3.8) is 0 Å². The summed E-state index contributed by atoms with van der Waals surface area (Å²) in [5.74, 6) is 0.449. The van der Waals surface area contributed by atoms with Crippen molar-refractivity contribution in [3.8, 4) is 5.75 Å². The first kappa shape index (κ1) is 11.7. The number of para-hydroxylation sites is 1. The van der Waals surface area contributed by atoms with Crippen LogP contribution < -0.4 is 15.8 Å². The molecule has 0 bridgehead atoms. The molecule has 1 heterocycles. The standard InChI is InChI=1S/C12H17N3O2/c1-3-15(2)7-10-12(16)14-9-6-4-5-8(13)11(9)17-10/h4-6,10H,3,7,13H2,1-2H3,(H,14,16). The normalized spacial score (nSPS) is 18.5. The highest BCUT2D eigenvalue weighted by Gasteiger charge is 2.29. The lowest BCUT2D eigenvalue weighted by atomic mass is 10.2. The molecule has 1 amide bonds. The Kier molecular flexibility index (Phi) is 3.19. The van der Waals surface area contributed by atoms with E-state index in [1.165, 1.54) is 0 Å². The molecule has 1 aromatic rings. The van der Waals surface area contributed by atoms with Crippen LogP contribution in [0.15, 0.2) is 18.2 Å². The first-order valence-electron chi connectivity index (χ1n) is 5.66. The maximum Gasteiger partial charge on any atom is 0.266 e. The van der Waals surface area contributed by atoms with Gasteiger partial charge >= 0.3 is 0 Å². The third-order valence-electron chi connectivity index (χ3n) is 2.87. The Morgan fingerprint density at radius 3 is 3.00 bits per heavy atom. The average molecular weight is 235 g/mol. The van der Waals surface area contributed by atoms with E-state index in [1.807, 2.05) is 18.9 Å². The molecule has 0 spiro atoms. The Balaban J connectivity index is 2.20. The van der Waals surface area contributed by atoms with E-state index < -0.39 is 6.10 Å². The number of hydrogen-bond donors (Lipinski definition) is 2. The predicted octanol–water partition coefficient (Wildman–Crippen LogP) is 0.920. The van der Waals surface area contributed by atoms with Crippen LogP contribution in [-0.2, 0) is 4.79 Å². The number of amides is 1. The minimum absolute atomic E-state index is 0.122. The number of benzene rings is 1. The van der Waals surface area contributed by atoms with Gasteiger partial charge in [-0.15, -0.1) is 0 Å². The van der Waals surface area contributed by atoms with Gasteiger partial charge in [0.05, 0.1) is 11.4 Å². The third kappa shape index (κ3) is 2.34. The topological polar surface area (TPSA) is 67.6 Å². The Labute approximate surface area is 101 Å². The predicted molar refractivity (Wildman–Crippen MR) is 67.1 cm³/mol. The number of fused-ring (bicyclic) bond motifs is 1. The van der Waals surface area contributed by atoms with Crippen molar-refractivity contribution < 1.29 is 9.53 Å². The summed E-state index contributed by atoms with van der Waals surface area (Å²) >= 11 is 0. The third-order valence-corrected chi connectivity index (χ3v) is 2.87. The van der Waals surface area contributed by atoms with E-state index in [-0.39, 0.29) is 5.91 Å². The van der Waals surface area contributed by atoms with Crippen molar-refractivity contribution in [3.05, 3.63) is 18.2 Å². The monoisotopic (exact) mass is 235 g/mol. The van der Waals surface area contributed by atoms with E-state index in [1.54, 1.807) is 18.2 Å². The number of nitrogens with zero attached hydrogens (tertiary/aromatic N) is 1. The van der Waals surface area contributed by atoms with Gasteiger partial charge in [-0.05, 0) is 25.7 Å². The zero-order valence-electron chi connectivity index (χ0n) is 10.1. The highest BCUT2D eigenvalue weighted by molar-refractivity contribution is 5.99. The van der Waals surface area contributed by atoms with Crippen molar-refractivity contribution in [2.45, 2.75) is 13.0 Å². The SMILES string of the molecule is CCN(C)CC1Oc2c(N)cccc2NC1=O. The number of nitrogens with two attached hydrogens (primary N) is 1. The summed E-state index contributed by atoms with van der Waals surface area (Å²) in [7, 11) is 1.94. The van der Waals surface area contributed by atoms with Crippen LogP contribution in [0.4, 0.5) is 11.4 Å². The van der Waals surface area contributed by atoms with Crippen LogP contribution in [0, 0.1) is 0 Å². The lowest BCUT2D eigenvalue weighted by Gasteiger charge is -2.29.